The molecular formula is C7H12O3. The first-order valence-corrected chi connectivity index (χ1v) is 3.56. The fraction of sp³-hybridized carbons (Fsp3) is 0.857. The van der Waals surface area contributed by atoms with Gasteiger partial charge in [-0.25, -0.2) is 0 Å². The van der Waals surface area contributed by atoms with Crippen LogP contribution >= 0.6 is 0 Å². The lowest BCUT2D eigenvalue weighted by molar-refractivity contribution is -0.152. The van der Waals surface area contributed by atoms with Crippen molar-refractivity contribution in [2.45, 2.75) is 25.9 Å². The first-order chi connectivity index (χ1) is 4.79. The average Bonchev–Trinajstić information content (AvgIpc) is 1.83. The zero-order chi connectivity index (χ0) is 7.40. The van der Waals surface area contributed by atoms with Crippen LogP contribution in [-0.2, 0) is 14.3 Å². The second-order valence-electron chi connectivity index (χ2n) is 2.45. The van der Waals surface area contributed by atoms with E-state index in [0.717, 1.165) is 6.42 Å². The van der Waals surface area contributed by atoms with Gasteiger partial charge in [0.25, 0.3) is 0 Å². The van der Waals surface area contributed by atoms with Crippen LogP contribution in [0.2, 0.25) is 0 Å². The van der Waals surface area contributed by atoms with Crippen molar-refractivity contribution in [3.8, 4) is 0 Å². The summed E-state index contributed by atoms with van der Waals surface area (Å²) in [6.45, 7) is 3.09. The lowest BCUT2D eigenvalue weighted by Crippen LogP contribution is -2.21. The van der Waals surface area contributed by atoms with Crippen molar-refractivity contribution in [2.24, 2.45) is 0 Å². The largest absolute Gasteiger partial charge is 0.463 e. The van der Waals surface area contributed by atoms with Gasteiger partial charge in [-0.2, -0.15) is 0 Å². The van der Waals surface area contributed by atoms with E-state index in [1.807, 2.05) is 6.92 Å². The minimum absolute atomic E-state index is 0.0211. The molecule has 1 unspecified atom stereocenters. The summed E-state index contributed by atoms with van der Waals surface area (Å²) < 4.78 is 10.1. The van der Waals surface area contributed by atoms with E-state index in [-0.39, 0.29) is 12.1 Å². The Morgan fingerprint density at radius 1 is 1.50 bits per heavy atom. The van der Waals surface area contributed by atoms with Crippen LogP contribution in [0, 0.1) is 0 Å². The molecule has 0 radical (unpaired) electrons. The van der Waals surface area contributed by atoms with Gasteiger partial charge in [0.1, 0.15) is 6.10 Å². The van der Waals surface area contributed by atoms with Gasteiger partial charge in [0.2, 0.25) is 0 Å². The molecule has 1 aliphatic heterocycles. The molecule has 1 atom stereocenters. The number of ether oxygens (including phenoxy) is 2. The maximum atomic E-state index is 10.7. The Bertz CT molecular complexity index is 122. The zero-order valence-corrected chi connectivity index (χ0v) is 6.13. The highest BCUT2D eigenvalue weighted by Gasteiger charge is 2.11. The Hall–Kier alpha value is -0.570. The van der Waals surface area contributed by atoms with Gasteiger partial charge in [-0.05, 0) is 6.92 Å². The van der Waals surface area contributed by atoms with Crippen molar-refractivity contribution in [1.29, 1.82) is 0 Å². The molecule has 0 amide bonds. The van der Waals surface area contributed by atoms with E-state index in [1.165, 1.54) is 0 Å². The maximum Gasteiger partial charge on any atom is 0.308 e. The number of cyclic esters (lactones) is 1. The Kier molecular flexibility index (Phi) is 2.68. The topological polar surface area (TPSA) is 35.5 Å². The maximum absolute atomic E-state index is 10.7. The van der Waals surface area contributed by atoms with Crippen LogP contribution < -0.4 is 0 Å². The van der Waals surface area contributed by atoms with Gasteiger partial charge in [-0.3, -0.25) is 4.79 Å². The van der Waals surface area contributed by atoms with Crippen molar-refractivity contribution in [1.82, 2.24) is 0 Å². The van der Waals surface area contributed by atoms with Gasteiger partial charge < -0.3 is 9.47 Å². The van der Waals surface area contributed by atoms with Crippen LogP contribution in [0.4, 0.5) is 0 Å². The molecule has 1 heterocycles. The summed E-state index contributed by atoms with van der Waals surface area (Å²) in [5.74, 6) is -0.146. The number of hydrogen-bond acceptors (Lipinski definition) is 3. The first-order valence-electron chi connectivity index (χ1n) is 3.56. The molecule has 0 N–H and O–H groups in total. The van der Waals surface area contributed by atoms with Crippen molar-refractivity contribution in [3.05, 3.63) is 0 Å². The summed E-state index contributed by atoms with van der Waals surface area (Å²) in [7, 11) is 0. The Balaban J connectivity index is 2.32. The van der Waals surface area contributed by atoms with Gasteiger partial charge in [0, 0.05) is 6.42 Å². The van der Waals surface area contributed by atoms with Crippen LogP contribution in [0.5, 0.6) is 0 Å². The summed E-state index contributed by atoms with van der Waals surface area (Å²) in [5, 5.41) is 0. The van der Waals surface area contributed by atoms with E-state index in [4.69, 9.17) is 9.47 Å². The fourth-order valence-corrected chi connectivity index (χ4v) is 0.849. The monoisotopic (exact) mass is 144 g/mol. The van der Waals surface area contributed by atoms with Crippen LogP contribution in [0.3, 0.4) is 0 Å². The molecule has 0 aliphatic carbocycles. The standard InChI is InChI=1S/C7H12O3/c1-6-2-4-9-5-3-7(8)10-6/h6H,2-5H2,1H3. The molecule has 0 spiro atoms. The SMILES string of the molecule is CC1CCOCCC(=O)O1. The molecule has 0 aromatic carbocycles. The Morgan fingerprint density at radius 3 is 3.10 bits per heavy atom. The van der Waals surface area contributed by atoms with E-state index in [1.54, 1.807) is 0 Å². The number of esters is 1. The highest BCUT2D eigenvalue weighted by molar-refractivity contribution is 5.69. The number of hydrogen-bond donors (Lipinski definition) is 0. The van der Waals surface area contributed by atoms with Gasteiger partial charge in [0.05, 0.1) is 19.6 Å². The molecule has 1 saturated heterocycles. The molecule has 1 rings (SSSR count). The molecule has 0 aromatic heterocycles. The van der Waals surface area contributed by atoms with Gasteiger partial charge in [-0.15, -0.1) is 0 Å². The average molecular weight is 144 g/mol. The number of carbonyl (C=O) groups is 1. The second kappa shape index (κ2) is 3.56. The Labute approximate surface area is 60.3 Å². The summed E-state index contributed by atoms with van der Waals surface area (Å²) in [4.78, 5) is 10.7. The second-order valence-corrected chi connectivity index (χ2v) is 2.45. The molecule has 0 aromatic rings. The van der Waals surface area contributed by atoms with Crippen LogP contribution in [0.15, 0.2) is 0 Å². The van der Waals surface area contributed by atoms with E-state index in [9.17, 15) is 4.79 Å². The lowest BCUT2D eigenvalue weighted by atomic mass is 10.3. The molecule has 10 heavy (non-hydrogen) atoms. The van der Waals surface area contributed by atoms with Crippen LogP contribution in [0.25, 0.3) is 0 Å². The molecule has 1 aliphatic rings. The highest BCUT2D eigenvalue weighted by Crippen LogP contribution is 2.03. The molecule has 3 nitrogen and oxygen atoms in total. The molecule has 0 saturated carbocycles. The molecule has 3 heteroatoms. The molecule has 0 bridgehead atoms. The normalized spacial score (nSPS) is 28.5. The minimum atomic E-state index is -0.146. The molecule has 58 valence electrons. The van der Waals surface area contributed by atoms with Gasteiger partial charge >= 0.3 is 5.97 Å². The predicted molar refractivity (Wildman–Crippen MR) is 35.6 cm³/mol. The quantitative estimate of drug-likeness (QED) is 0.470. The van der Waals surface area contributed by atoms with E-state index >= 15 is 0 Å². The smallest absolute Gasteiger partial charge is 0.308 e. The number of carbonyl (C=O) groups excluding carboxylic acids is 1. The third-order valence-corrected chi connectivity index (χ3v) is 1.45. The van der Waals surface area contributed by atoms with Gasteiger partial charge in [-0.1, -0.05) is 0 Å². The Morgan fingerprint density at radius 2 is 2.30 bits per heavy atom. The van der Waals surface area contributed by atoms with E-state index < -0.39 is 0 Å². The fourth-order valence-electron chi connectivity index (χ4n) is 0.849. The van der Waals surface area contributed by atoms with Crippen LogP contribution in [0.1, 0.15) is 19.8 Å². The summed E-state index contributed by atoms with van der Waals surface area (Å²) in [6.07, 6.45) is 1.23. The van der Waals surface area contributed by atoms with E-state index in [2.05, 4.69) is 0 Å². The summed E-state index contributed by atoms with van der Waals surface area (Å²) in [5.41, 5.74) is 0. The first kappa shape index (κ1) is 7.54. The van der Waals surface area contributed by atoms with Crippen LogP contribution in [-0.4, -0.2) is 25.3 Å². The van der Waals surface area contributed by atoms with Crippen molar-refractivity contribution < 1.29 is 14.3 Å². The molecule has 1 fully saturated rings. The van der Waals surface area contributed by atoms with Gasteiger partial charge in [0.15, 0.2) is 0 Å². The number of rotatable bonds is 0. The third-order valence-electron chi connectivity index (χ3n) is 1.45. The van der Waals surface area contributed by atoms with E-state index in [0.29, 0.717) is 19.6 Å². The van der Waals surface area contributed by atoms with Crippen molar-refractivity contribution in [2.75, 3.05) is 13.2 Å². The summed E-state index contributed by atoms with van der Waals surface area (Å²) >= 11 is 0. The zero-order valence-electron chi connectivity index (χ0n) is 6.13. The third kappa shape index (κ3) is 2.35. The lowest BCUT2D eigenvalue weighted by Gasteiger charge is -2.16. The highest BCUT2D eigenvalue weighted by atomic mass is 16.6. The summed E-state index contributed by atoms with van der Waals surface area (Å²) in [6, 6.07) is 0. The van der Waals surface area contributed by atoms with Crippen molar-refractivity contribution in [3.63, 3.8) is 0 Å². The predicted octanol–water partition coefficient (Wildman–Crippen LogP) is 0.728. The van der Waals surface area contributed by atoms with Crippen molar-refractivity contribution >= 4 is 5.97 Å². The molecular weight excluding hydrogens is 132 g/mol. The minimum Gasteiger partial charge on any atom is -0.463 e.